The van der Waals surface area contributed by atoms with E-state index < -0.39 is 5.60 Å². The summed E-state index contributed by atoms with van der Waals surface area (Å²) in [6.07, 6.45) is 3.90. The summed E-state index contributed by atoms with van der Waals surface area (Å²) in [6.45, 7) is 5.11. The number of aliphatic hydroxyl groups excluding tert-OH is 1. The molecule has 3 rings (SSSR count). The lowest BCUT2D eigenvalue weighted by atomic mass is 9.92. The van der Waals surface area contributed by atoms with E-state index in [4.69, 9.17) is 4.74 Å². The van der Waals surface area contributed by atoms with E-state index in [1.165, 1.54) is 5.56 Å². The van der Waals surface area contributed by atoms with Crippen LogP contribution in [-0.2, 0) is 11.2 Å². The molecule has 1 N–H and O–H groups in total. The normalized spacial score (nSPS) is 20.5. The van der Waals surface area contributed by atoms with E-state index in [0.717, 1.165) is 11.1 Å². The van der Waals surface area contributed by atoms with Gasteiger partial charge in [0.1, 0.15) is 5.60 Å². The fourth-order valence-electron chi connectivity index (χ4n) is 3.35. The molecule has 0 bridgehead atoms. The van der Waals surface area contributed by atoms with Gasteiger partial charge in [0.05, 0.1) is 19.8 Å². The molecule has 0 radical (unpaired) electrons. The molecule has 2 aromatic rings. The van der Waals surface area contributed by atoms with Crippen LogP contribution in [0.5, 0.6) is 0 Å². The van der Waals surface area contributed by atoms with Gasteiger partial charge in [0.25, 0.3) is 5.91 Å². The Bertz CT molecular complexity index is 762. The quantitative estimate of drug-likeness (QED) is 0.926. The minimum atomic E-state index is -0.761. The Labute approximate surface area is 148 Å². The molecular formula is C20H24N2O3. The molecule has 1 atom stereocenters. The fraction of sp³-hybridized carbons (Fsp3) is 0.400. The summed E-state index contributed by atoms with van der Waals surface area (Å²) >= 11 is 0. The van der Waals surface area contributed by atoms with Crippen LogP contribution in [0.1, 0.15) is 27.0 Å². The smallest absolute Gasteiger partial charge is 0.254 e. The second kappa shape index (κ2) is 7.33. The SMILES string of the molecule is Cc1cccc(C[C@@]2(CO)CN(C(=O)c3ccncc3C)CCO2)c1. The largest absolute Gasteiger partial charge is 0.393 e. The molecule has 0 saturated carbocycles. The number of morpholine rings is 1. The number of aliphatic hydroxyl groups is 1. The van der Waals surface area contributed by atoms with Crippen molar-refractivity contribution in [3.8, 4) is 0 Å². The number of aromatic nitrogens is 1. The summed E-state index contributed by atoms with van der Waals surface area (Å²) in [6, 6.07) is 9.91. The fourth-order valence-corrected chi connectivity index (χ4v) is 3.35. The van der Waals surface area contributed by atoms with Gasteiger partial charge in [-0.2, -0.15) is 0 Å². The van der Waals surface area contributed by atoms with E-state index in [2.05, 4.69) is 11.1 Å². The number of benzene rings is 1. The van der Waals surface area contributed by atoms with Crippen LogP contribution in [0, 0.1) is 13.8 Å². The van der Waals surface area contributed by atoms with Gasteiger partial charge < -0.3 is 14.7 Å². The molecule has 1 aliphatic rings. The molecule has 0 spiro atoms. The van der Waals surface area contributed by atoms with E-state index in [-0.39, 0.29) is 12.5 Å². The number of nitrogens with zero attached hydrogens (tertiary/aromatic N) is 2. The average Bonchev–Trinajstić information content (AvgIpc) is 2.62. The lowest BCUT2D eigenvalue weighted by Gasteiger charge is -2.42. The highest BCUT2D eigenvalue weighted by Crippen LogP contribution is 2.25. The summed E-state index contributed by atoms with van der Waals surface area (Å²) in [5.41, 5.74) is 3.01. The summed E-state index contributed by atoms with van der Waals surface area (Å²) in [5, 5.41) is 10.0. The Morgan fingerprint density at radius 3 is 2.92 bits per heavy atom. The Kier molecular flexibility index (Phi) is 5.16. The molecular weight excluding hydrogens is 316 g/mol. The summed E-state index contributed by atoms with van der Waals surface area (Å²) in [7, 11) is 0. The van der Waals surface area contributed by atoms with Crippen molar-refractivity contribution >= 4 is 5.91 Å². The Morgan fingerprint density at radius 2 is 2.20 bits per heavy atom. The van der Waals surface area contributed by atoms with E-state index >= 15 is 0 Å². The number of pyridine rings is 1. The highest BCUT2D eigenvalue weighted by Gasteiger charge is 2.38. The molecule has 1 aliphatic heterocycles. The zero-order valence-electron chi connectivity index (χ0n) is 14.7. The van der Waals surface area contributed by atoms with Crippen molar-refractivity contribution < 1.29 is 14.6 Å². The second-order valence-electron chi connectivity index (χ2n) is 6.77. The van der Waals surface area contributed by atoms with Crippen LogP contribution < -0.4 is 0 Å². The molecule has 1 fully saturated rings. The summed E-state index contributed by atoms with van der Waals surface area (Å²) < 4.78 is 5.95. The topological polar surface area (TPSA) is 62.7 Å². The molecule has 1 amide bonds. The molecule has 5 heteroatoms. The van der Waals surface area contributed by atoms with E-state index in [0.29, 0.717) is 31.7 Å². The number of hydrogen-bond donors (Lipinski definition) is 1. The van der Waals surface area contributed by atoms with Gasteiger partial charge >= 0.3 is 0 Å². The average molecular weight is 340 g/mol. The van der Waals surface area contributed by atoms with Crippen molar-refractivity contribution in [3.63, 3.8) is 0 Å². The number of aryl methyl sites for hydroxylation is 2. The van der Waals surface area contributed by atoms with Gasteiger partial charge in [-0.05, 0) is 31.0 Å². The predicted octanol–water partition coefficient (Wildman–Crippen LogP) is 2.14. The van der Waals surface area contributed by atoms with Crippen LogP contribution in [0.2, 0.25) is 0 Å². The van der Waals surface area contributed by atoms with Crippen LogP contribution >= 0.6 is 0 Å². The zero-order valence-corrected chi connectivity index (χ0v) is 14.7. The van der Waals surface area contributed by atoms with Gasteiger partial charge in [-0.25, -0.2) is 0 Å². The van der Waals surface area contributed by atoms with Gasteiger partial charge in [-0.1, -0.05) is 29.8 Å². The third-order valence-electron chi connectivity index (χ3n) is 4.68. The van der Waals surface area contributed by atoms with Crippen molar-refractivity contribution in [2.24, 2.45) is 0 Å². The van der Waals surface area contributed by atoms with Crippen molar-refractivity contribution in [1.82, 2.24) is 9.88 Å². The molecule has 132 valence electrons. The Morgan fingerprint density at radius 1 is 1.36 bits per heavy atom. The third kappa shape index (κ3) is 3.89. The van der Waals surface area contributed by atoms with Gasteiger partial charge in [0.15, 0.2) is 0 Å². The maximum absolute atomic E-state index is 12.9. The molecule has 0 unspecified atom stereocenters. The standard InChI is InChI=1S/C20H24N2O3/c1-15-4-3-5-17(10-15)11-20(14-23)13-22(8-9-25-20)19(24)18-6-7-21-12-16(18)2/h3-7,10,12,23H,8-9,11,13-14H2,1-2H3/t20-/m0/s1. The zero-order chi connectivity index (χ0) is 17.9. The number of ether oxygens (including phenoxy) is 1. The monoisotopic (exact) mass is 340 g/mol. The second-order valence-corrected chi connectivity index (χ2v) is 6.77. The van der Waals surface area contributed by atoms with Crippen molar-refractivity contribution in [1.29, 1.82) is 0 Å². The van der Waals surface area contributed by atoms with Gasteiger partial charge in [-0.15, -0.1) is 0 Å². The van der Waals surface area contributed by atoms with Gasteiger partial charge in [0.2, 0.25) is 0 Å². The molecule has 1 aromatic carbocycles. The Balaban J connectivity index is 1.80. The number of carbonyl (C=O) groups excluding carboxylic acids is 1. The molecule has 1 saturated heterocycles. The third-order valence-corrected chi connectivity index (χ3v) is 4.68. The summed E-state index contributed by atoms with van der Waals surface area (Å²) in [4.78, 5) is 18.7. The number of hydrogen-bond acceptors (Lipinski definition) is 4. The van der Waals surface area contributed by atoms with Crippen LogP contribution in [0.3, 0.4) is 0 Å². The number of amides is 1. The van der Waals surface area contributed by atoms with Gasteiger partial charge in [0, 0.05) is 30.9 Å². The van der Waals surface area contributed by atoms with Gasteiger partial charge in [-0.3, -0.25) is 9.78 Å². The molecule has 1 aromatic heterocycles. The molecule has 25 heavy (non-hydrogen) atoms. The molecule has 5 nitrogen and oxygen atoms in total. The maximum atomic E-state index is 12.9. The van der Waals surface area contributed by atoms with Crippen molar-refractivity contribution in [2.75, 3.05) is 26.3 Å². The summed E-state index contributed by atoms with van der Waals surface area (Å²) in [5.74, 6) is -0.0368. The first kappa shape index (κ1) is 17.6. The highest BCUT2D eigenvalue weighted by molar-refractivity contribution is 5.95. The van der Waals surface area contributed by atoms with E-state index in [1.807, 2.05) is 32.0 Å². The molecule has 2 heterocycles. The van der Waals surface area contributed by atoms with Crippen LogP contribution in [0.15, 0.2) is 42.7 Å². The van der Waals surface area contributed by atoms with Crippen molar-refractivity contribution in [3.05, 3.63) is 65.0 Å². The first-order chi connectivity index (χ1) is 12.0. The molecule has 0 aliphatic carbocycles. The lowest BCUT2D eigenvalue weighted by molar-refractivity contribution is -0.123. The first-order valence-electron chi connectivity index (χ1n) is 8.53. The predicted molar refractivity (Wildman–Crippen MR) is 95.5 cm³/mol. The van der Waals surface area contributed by atoms with Crippen LogP contribution in [-0.4, -0.2) is 52.8 Å². The minimum Gasteiger partial charge on any atom is -0.393 e. The van der Waals surface area contributed by atoms with Crippen molar-refractivity contribution in [2.45, 2.75) is 25.9 Å². The maximum Gasteiger partial charge on any atom is 0.254 e. The lowest BCUT2D eigenvalue weighted by Crippen LogP contribution is -2.56. The van der Waals surface area contributed by atoms with Crippen LogP contribution in [0.4, 0.5) is 0 Å². The van der Waals surface area contributed by atoms with Crippen LogP contribution in [0.25, 0.3) is 0 Å². The highest BCUT2D eigenvalue weighted by atomic mass is 16.5. The van der Waals surface area contributed by atoms with E-state index in [9.17, 15) is 9.90 Å². The first-order valence-corrected chi connectivity index (χ1v) is 8.53. The number of rotatable bonds is 4. The Hall–Kier alpha value is -2.24. The minimum absolute atomic E-state index is 0.0368. The van der Waals surface area contributed by atoms with E-state index in [1.54, 1.807) is 23.4 Å². The number of carbonyl (C=O) groups is 1.